The summed E-state index contributed by atoms with van der Waals surface area (Å²) in [6.07, 6.45) is -3.65. The summed E-state index contributed by atoms with van der Waals surface area (Å²) in [5, 5.41) is 2.57. The van der Waals surface area contributed by atoms with Crippen molar-refractivity contribution in [2.24, 2.45) is 17.3 Å². The van der Waals surface area contributed by atoms with Crippen molar-refractivity contribution in [3.05, 3.63) is 0 Å². The molecule has 3 atom stereocenters. The van der Waals surface area contributed by atoms with Crippen molar-refractivity contribution in [2.75, 3.05) is 7.11 Å². The smallest absolute Gasteiger partial charge is 0.391 e. The Morgan fingerprint density at radius 1 is 1.18 bits per heavy atom. The lowest BCUT2D eigenvalue weighted by Gasteiger charge is -2.33. The maximum absolute atomic E-state index is 12.8. The van der Waals surface area contributed by atoms with Gasteiger partial charge >= 0.3 is 12.1 Å². The number of carbonyl (C=O) groups is 2. The number of ether oxygens (including phenoxy) is 1. The number of carbonyl (C=O) groups excluding carboxylic acids is 2. The van der Waals surface area contributed by atoms with E-state index in [4.69, 9.17) is 0 Å². The molecule has 0 heterocycles. The lowest BCUT2D eigenvalue weighted by molar-refractivity contribution is -0.186. The molecule has 1 amide bonds. The highest BCUT2D eigenvalue weighted by atomic mass is 19.4. The fourth-order valence-corrected chi connectivity index (χ4v) is 2.73. The van der Waals surface area contributed by atoms with Crippen molar-refractivity contribution in [3.8, 4) is 0 Å². The van der Waals surface area contributed by atoms with Crippen molar-refractivity contribution in [2.45, 2.75) is 58.7 Å². The molecule has 0 bridgehead atoms. The Labute approximate surface area is 128 Å². The number of methoxy groups -OCH3 is 1. The van der Waals surface area contributed by atoms with Crippen LogP contribution in [0.5, 0.6) is 0 Å². The minimum absolute atomic E-state index is 0.0625. The van der Waals surface area contributed by atoms with E-state index < -0.39 is 41.3 Å². The van der Waals surface area contributed by atoms with Crippen molar-refractivity contribution in [1.29, 1.82) is 0 Å². The molecule has 0 radical (unpaired) electrons. The first-order valence-corrected chi connectivity index (χ1v) is 7.41. The molecule has 1 aliphatic rings. The predicted octanol–water partition coefficient (Wildman–Crippen LogP) is 3.06. The first-order valence-electron chi connectivity index (χ1n) is 7.41. The van der Waals surface area contributed by atoms with E-state index in [1.807, 2.05) is 0 Å². The van der Waals surface area contributed by atoms with Crippen LogP contribution in [-0.2, 0) is 14.3 Å². The molecule has 0 aromatic rings. The topological polar surface area (TPSA) is 55.4 Å². The number of halogens is 3. The Morgan fingerprint density at radius 3 is 2.23 bits per heavy atom. The molecule has 0 aromatic heterocycles. The van der Waals surface area contributed by atoms with E-state index >= 15 is 0 Å². The minimum Gasteiger partial charge on any atom is -0.467 e. The molecule has 128 valence electrons. The molecule has 7 heteroatoms. The highest BCUT2D eigenvalue weighted by Crippen LogP contribution is 2.40. The Hall–Kier alpha value is -1.27. The molecular weight excluding hydrogens is 299 g/mol. The SMILES string of the molecule is COC(=O)[C@H](NC(=O)[C@@H]1CCC[C@@H](C(F)(F)F)C1)C(C)(C)C. The first kappa shape index (κ1) is 18.8. The lowest BCUT2D eigenvalue weighted by Crippen LogP contribution is -2.52. The van der Waals surface area contributed by atoms with E-state index in [0.29, 0.717) is 12.8 Å². The molecular formula is C15H24F3NO3. The molecule has 4 nitrogen and oxygen atoms in total. The second-order valence-electron chi connectivity index (χ2n) is 6.93. The number of nitrogens with one attached hydrogen (secondary N) is 1. The predicted molar refractivity (Wildman–Crippen MR) is 74.9 cm³/mol. The Kier molecular flexibility index (Phi) is 5.87. The van der Waals surface area contributed by atoms with E-state index in [2.05, 4.69) is 10.1 Å². The van der Waals surface area contributed by atoms with Crippen LogP contribution in [0.4, 0.5) is 13.2 Å². The summed E-state index contributed by atoms with van der Waals surface area (Å²) in [6.45, 7) is 5.27. The number of hydrogen-bond acceptors (Lipinski definition) is 3. The quantitative estimate of drug-likeness (QED) is 0.812. The summed E-state index contributed by atoms with van der Waals surface area (Å²) < 4.78 is 43.1. The molecule has 0 aromatic carbocycles. The average molecular weight is 323 g/mol. The number of esters is 1. The Balaban J connectivity index is 2.76. The Morgan fingerprint density at radius 2 is 1.77 bits per heavy atom. The van der Waals surface area contributed by atoms with Gasteiger partial charge in [0.05, 0.1) is 13.0 Å². The summed E-state index contributed by atoms with van der Waals surface area (Å²) in [5.41, 5.74) is -0.582. The maximum atomic E-state index is 12.8. The molecule has 1 fully saturated rings. The summed E-state index contributed by atoms with van der Waals surface area (Å²) in [4.78, 5) is 24.0. The fourth-order valence-electron chi connectivity index (χ4n) is 2.73. The van der Waals surface area contributed by atoms with E-state index in [1.54, 1.807) is 20.8 Å². The van der Waals surface area contributed by atoms with Gasteiger partial charge in [-0.15, -0.1) is 0 Å². The molecule has 22 heavy (non-hydrogen) atoms. The lowest BCUT2D eigenvalue weighted by atomic mass is 9.79. The van der Waals surface area contributed by atoms with E-state index in [0.717, 1.165) is 0 Å². The third-order valence-corrected chi connectivity index (χ3v) is 4.10. The van der Waals surface area contributed by atoms with E-state index in [9.17, 15) is 22.8 Å². The zero-order valence-electron chi connectivity index (χ0n) is 13.4. The Bertz CT molecular complexity index is 415. The van der Waals surface area contributed by atoms with Gasteiger partial charge < -0.3 is 10.1 Å². The van der Waals surface area contributed by atoms with Crippen LogP contribution in [0.3, 0.4) is 0 Å². The van der Waals surface area contributed by atoms with Crippen molar-refractivity contribution < 1.29 is 27.5 Å². The second kappa shape index (κ2) is 6.87. The standard InChI is InChI=1S/C15H24F3NO3/c1-14(2,3)11(13(21)22-4)19-12(20)9-6-5-7-10(8-9)15(16,17)18/h9-11H,5-8H2,1-4H3,(H,19,20)/t9-,10-,11+/m1/s1. The number of rotatable bonds is 3. The molecule has 0 saturated heterocycles. The molecule has 0 spiro atoms. The van der Waals surface area contributed by atoms with Gasteiger partial charge in [0.15, 0.2) is 0 Å². The second-order valence-corrected chi connectivity index (χ2v) is 6.93. The van der Waals surface area contributed by atoms with Crippen molar-refractivity contribution in [3.63, 3.8) is 0 Å². The van der Waals surface area contributed by atoms with Crippen molar-refractivity contribution >= 4 is 11.9 Å². The van der Waals surface area contributed by atoms with Crippen LogP contribution in [-0.4, -0.2) is 31.2 Å². The van der Waals surface area contributed by atoms with Gasteiger partial charge in [-0.25, -0.2) is 4.79 Å². The first-order chi connectivity index (χ1) is 9.96. The summed E-state index contributed by atoms with van der Waals surface area (Å²) in [5.74, 6) is -3.25. The monoisotopic (exact) mass is 323 g/mol. The highest BCUT2D eigenvalue weighted by Gasteiger charge is 2.44. The zero-order chi connectivity index (χ0) is 17.1. The van der Waals surface area contributed by atoms with Gasteiger partial charge in [0.1, 0.15) is 6.04 Å². The molecule has 0 aliphatic heterocycles. The summed E-state index contributed by atoms with van der Waals surface area (Å²) in [6, 6.07) is -0.878. The molecule has 1 aliphatic carbocycles. The van der Waals surface area contributed by atoms with Gasteiger partial charge in [-0.2, -0.15) is 13.2 Å². The van der Waals surface area contributed by atoms with Gasteiger partial charge in [-0.3, -0.25) is 4.79 Å². The van der Waals surface area contributed by atoms with Crippen LogP contribution in [0.1, 0.15) is 46.5 Å². The zero-order valence-corrected chi connectivity index (χ0v) is 13.4. The van der Waals surface area contributed by atoms with Crippen molar-refractivity contribution in [1.82, 2.24) is 5.32 Å². The van der Waals surface area contributed by atoms with Gasteiger partial charge in [-0.1, -0.05) is 27.2 Å². The number of hydrogen-bond donors (Lipinski definition) is 1. The molecule has 1 saturated carbocycles. The molecule has 1 rings (SSSR count). The summed E-state index contributed by atoms with van der Waals surface area (Å²) in [7, 11) is 1.22. The molecule has 1 N–H and O–H groups in total. The van der Waals surface area contributed by atoms with Gasteiger partial charge in [0, 0.05) is 5.92 Å². The largest absolute Gasteiger partial charge is 0.467 e. The average Bonchev–Trinajstić information content (AvgIpc) is 2.41. The van der Waals surface area contributed by atoms with Crippen LogP contribution in [0, 0.1) is 17.3 Å². The third-order valence-electron chi connectivity index (χ3n) is 4.10. The summed E-state index contributed by atoms with van der Waals surface area (Å²) >= 11 is 0. The maximum Gasteiger partial charge on any atom is 0.391 e. The van der Waals surface area contributed by atoms with E-state index in [-0.39, 0.29) is 12.8 Å². The normalized spacial score (nSPS) is 24.5. The van der Waals surface area contributed by atoms with Crippen LogP contribution in [0.25, 0.3) is 0 Å². The highest BCUT2D eigenvalue weighted by molar-refractivity contribution is 5.86. The van der Waals surface area contributed by atoms with Crippen LogP contribution >= 0.6 is 0 Å². The fraction of sp³-hybridized carbons (Fsp3) is 0.867. The number of amides is 1. The van der Waals surface area contributed by atoms with Gasteiger partial charge in [0.2, 0.25) is 5.91 Å². The van der Waals surface area contributed by atoms with Gasteiger partial charge in [0.25, 0.3) is 0 Å². The van der Waals surface area contributed by atoms with Crippen LogP contribution in [0.2, 0.25) is 0 Å². The van der Waals surface area contributed by atoms with Gasteiger partial charge in [-0.05, 0) is 24.7 Å². The number of alkyl halides is 3. The van der Waals surface area contributed by atoms with Crippen LogP contribution < -0.4 is 5.32 Å². The van der Waals surface area contributed by atoms with E-state index in [1.165, 1.54) is 7.11 Å². The third kappa shape index (κ3) is 4.88. The van der Waals surface area contributed by atoms with Crippen LogP contribution in [0.15, 0.2) is 0 Å². The molecule has 0 unspecified atom stereocenters. The minimum atomic E-state index is -4.27.